The number of amides is 1. The molecule has 3 aromatic rings. The van der Waals surface area contributed by atoms with Gasteiger partial charge in [0.15, 0.2) is 5.82 Å². The van der Waals surface area contributed by atoms with Crippen molar-refractivity contribution >= 4 is 22.8 Å². The van der Waals surface area contributed by atoms with E-state index >= 15 is 0 Å². The average molecular weight is 479 g/mol. The van der Waals surface area contributed by atoms with E-state index in [1.165, 1.54) is 0 Å². The molecule has 2 saturated heterocycles. The van der Waals surface area contributed by atoms with E-state index in [4.69, 9.17) is 19.4 Å². The number of fused-ring (bicyclic) bond motifs is 1. The van der Waals surface area contributed by atoms with Crippen LogP contribution in [0.3, 0.4) is 0 Å². The van der Waals surface area contributed by atoms with Gasteiger partial charge in [-0.25, -0.2) is 9.97 Å². The van der Waals surface area contributed by atoms with Crippen LogP contribution in [0, 0.1) is 0 Å². The summed E-state index contributed by atoms with van der Waals surface area (Å²) in [4.78, 5) is 34.4. The van der Waals surface area contributed by atoms with Gasteiger partial charge in [-0.1, -0.05) is 6.92 Å². The third kappa shape index (κ3) is 4.82. The Balaban J connectivity index is 1.56. The number of likely N-dealkylation sites (tertiary alicyclic amines) is 1. The molecule has 0 saturated carbocycles. The number of carbonyl (C=O) groups is 1. The summed E-state index contributed by atoms with van der Waals surface area (Å²) in [6.45, 7) is 10.3. The fourth-order valence-corrected chi connectivity index (χ4v) is 5.07. The number of hydrogen-bond acceptors (Lipinski definition) is 7. The Morgan fingerprint density at radius 3 is 2.74 bits per heavy atom. The van der Waals surface area contributed by atoms with Gasteiger partial charge in [0, 0.05) is 66.9 Å². The predicted octanol–water partition coefficient (Wildman–Crippen LogP) is 3.76. The van der Waals surface area contributed by atoms with Crippen LogP contribution in [-0.2, 0) is 9.53 Å². The number of anilines is 1. The molecule has 1 unspecified atom stereocenters. The molecule has 5 heterocycles. The molecule has 1 amide bonds. The van der Waals surface area contributed by atoms with E-state index in [-0.39, 0.29) is 17.9 Å². The van der Waals surface area contributed by atoms with Gasteiger partial charge in [-0.15, -0.1) is 0 Å². The van der Waals surface area contributed by atoms with E-state index in [9.17, 15) is 4.79 Å². The van der Waals surface area contributed by atoms with E-state index in [0.717, 1.165) is 60.6 Å². The third-order valence-corrected chi connectivity index (χ3v) is 7.00. The maximum absolute atomic E-state index is 12.2. The minimum atomic E-state index is 0.227. The summed E-state index contributed by atoms with van der Waals surface area (Å²) in [6.07, 6.45) is 4.24. The van der Waals surface area contributed by atoms with Gasteiger partial charge in [0.05, 0.1) is 25.9 Å². The fraction of sp³-hybridized carbons (Fsp3) is 0.538. The molecule has 0 spiro atoms. The van der Waals surface area contributed by atoms with Gasteiger partial charge in [-0.05, 0) is 32.8 Å². The van der Waals surface area contributed by atoms with Crippen LogP contribution in [0.2, 0.25) is 0 Å². The van der Waals surface area contributed by atoms with Crippen LogP contribution in [-0.4, -0.2) is 76.2 Å². The van der Waals surface area contributed by atoms with Crippen LogP contribution in [0.1, 0.15) is 51.6 Å². The van der Waals surface area contributed by atoms with Crippen molar-refractivity contribution in [2.24, 2.45) is 0 Å². The minimum absolute atomic E-state index is 0.227. The molecule has 0 aliphatic carbocycles. The van der Waals surface area contributed by atoms with Crippen LogP contribution in [0.15, 0.2) is 24.4 Å². The molecule has 3 aromatic heterocycles. The number of hydrogen-bond donors (Lipinski definition) is 1. The SMILES string of the molecule is CCOc1cc(-c2nc(C3CCN(C(=O)CC)CC3)cc(N3CCOCC3C)n2)c2cc[nH]c2n1. The molecule has 2 aliphatic rings. The number of aromatic amines is 1. The van der Waals surface area contributed by atoms with Crippen molar-refractivity contribution < 1.29 is 14.3 Å². The largest absolute Gasteiger partial charge is 0.478 e. The fourth-order valence-electron chi connectivity index (χ4n) is 5.07. The lowest BCUT2D eigenvalue weighted by molar-refractivity contribution is -0.131. The number of morpholine rings is 1. The van der Waals surface area contributed by atoms with Crippen molar-refractivity contribution in [3.63, 3.8) is 0 Å². The maximum atomic E-state index is 12.2. The smallest absolute Gasteiger partial charge is 0.222 e. The molecule has 35 heavy (non-hydrogen) atoms. The average Bonchev–Trinajstić information content (AvgIpc) is 3.37. The molecule has 0 radical (unpaired) electrons. The molecule has 186 valence electrons. The van der Waals surface area contributed by atoms with E-state index < -0.39 is 0 Å². The Labute approximate surface area is 205 Å². The number of rotatable bonds is 6. The second kappa shape index (κ2) is 10.2. The molecule has 9 nitrogen and oxygen atoms in total. The highest BCUT2D eigenvalue weighted by Gasteiger charge is 2.28. The Morgan fingerprint density at radius 2 is 2.00 bits per heavy atom. The quantitative estimate of drug-likeness (QED) is 0.576. The Hall–Kier alpha value is -3.20. The predicted molar refractivity (Wildman–Crippen MR) is 135 cm³/mol. The lowest BCUT2D eigenvalue weighted by Gasteiger charge is -2.35. The summed E-state index contributed by atoms with van der Waals surface area (Å²) in [5, 5.41) is 0.968. The second-order valence-electron chi connectivity index (χ2n) is 9.28. The summed E-state index contributed by atoms with van der Waals surface area (Å²) in [7, 11) is 0. The highest BCUT2D eigenvalue weighted by Crippen LogP contribution is 2.34. The molecule has 9 heteroatoms. The van der Waals surface area contributed by atoms with Gasteiger partial charge in [-0.3, -0.25) is 4.79 Å². The molecule has 1 atom stereocenters. The first kappa shape index (κ1) is 23.5. The van der Waals surface area contributed by atoms with E-state index in [1.807, 2.05) is 37.1 Å². The van der Waals surface area contributed by atoms with Gasteiger partial charge in [0.25, 0.3) is 0 Å². The molecule has 5 rings (SSSR count). The van der Waals surface area contributed by atoms with Crippen molar-refractivity contribution in [1.82, 2.24) is 24.8 Å². The number of nitrogens with one attached hydrogen (secondary N) is 1. The van der Waals surface area contributed by atoms with Crippen molar-refractivity contribution in [3.8, 4) is 17.3 Å². The van der Waals surface area contributed by atoms with Gasteiger partial charge in [0.2, 0.25) is 11.8 Å². The van der Waals surface area contributed by atoms with Gasteiger partial charge in [0.1, 0.15) is 11.5 Å². The molecule has 0 bridgehead atoms. The molecule has 0 aromatic carbocycles. The van der Waals surface area contributed by atoms with Crippen molar-refractivity contribution in [2.45, 2.75) is 52.0 Å². The molecule has 2 aliphatic heterocycles. The zero-order valence-electron chi connectivity index (χ0n) is 20.8. The number of carbonyl (C=O) groups excluding carboxylic acids is 1. The summed E-state index contributed by atoms with van der Waals surface area (Å²) in [5.41, 5.74) is 2.70. The van der Waals surface area contributed by atoms with Gasteiger partial charge >= 0.3 is 0 Å². The lowest BCUT2D eigenvalue weighted by Crippen LogP contribution is -2.44. The Bertz CT molecular complexity index is 1190. The van der Waals surface area contributed by atoms with E-state index in [0.29, 0.717) is 37.9 Å². The van der Waals surface area contributed by atoms with Crippen LogP contribution in [0.25, 0.3) is 22.4 Å². The number of H-pyrrole nitrogens is 1. The first-order valence-corrected chi connectivity index (χ1v) is 12.7. The molecular weight excluding hydrogens is 444 g/mol. The lowest BCUT2D eigenvalue weighted by atomic mass is 9.92. The first-order valence-electron chi connectivity index (χ1n) is 12.7. The summed E-state index contributed by atoms with van der Waals surface area (Å²) < 4.78 is 11.4. The highest BCUT2D eigenvalue weighted by molar-refractivity contribution is 5.92. The van der Waals surface area contributed by atoms with Crippen LogP contribution < -0.4 is 9.64 Å². The zero-order valence-corrected chi connectivity index (χ0v) is 20.8. The Morgan fingerprint density at radius 1 is 1.17 bits per heavy atom. The van der Waals surface area contributed by atoms with Crippen molar-refractivity contribution in [3.05, 3.63) is 30.1 Å². The van der Waals surface area contributed by atoms with Crippen LogP contribution >= 0.6 is 0 Å². The summed E-state index contributed by atoms with van der Waals surface area (Å²) >= 11 is 0. The molecule has 1 N–H and O–H groups in total. The van der Waals surface area contributed by atoms with Gasteiger partial charge in [-0.2, -0.15) is 4.98 Å². The number of aromatic nitrogens is 4. The summed E-state index contributed by atoms with van der Waals surface area (Å²) in [6, 6.07) is 6.32. The normalized spacial score (nSPS) is 19.3. The highest BCUT2D eigenvalue weighted by atomic mass is 16.5. The number of ether oxygens (including phenoxy) is 2. The summed E-state index contributed by atoms with van der Waals surface area (Å²) in [5.74, 6) is 2.66. The van der Waals surface area contributed by atoms with Crippen LogP contribution in [0.5, 0.6) is 5.88 Å². The maximum Gasteiger partial charge on any atom is 0.222 e. The number of piperidine rings is 1. The molecular formula is C26H34N6O3. The monoisotopic (exact) mass is 478 g/mol. The zero-order chi connectivity index (χ0) is 24.4. The first-order chi connectivity index (χ1) is 17.1. The topological polar surface area (TPSA) is 96.5 Å². The standard InChI is InChI=1S/C26H34N6O3/c1-4-24(33)31-10-7-18(8-11-31)21-15-22(32-12-13-34-16-17(32)3)29-26(28-21)20-14-23(35-5-2)30-25-19(20)6-9-27-25/h6,9,14-15,17-18H,4-5,7-8,10-13,16H2,1-3H3,(H,27,30). The van der Waals surface area contributed by atoms with E-state index in [2.05, 4.69) is 27.9 Å². The Kier molecular flexibility index (Phi) is 6.86. The molecule has 2 fully saturated rings. The van der Waals surface area contributed by atoms with Crippen LogP contribution in [0.4, 0.5) is 5.82 Å². The van der Waals surface area contributed by atoms with Crippen molar-refractivity contribution in [2.75, 3.05) is 44.4 Å². The third-order valence-electron chi connectivity index (χ3n) is 7.00. The van der Waals surface area contributed by atoms with Gasteiger partial charge < -0.3 is 24.3 Å². The van der Waals surface area contributed by atoms with E-state index in [1.54, 1.807) is 0 Å². The second-order valence-corrected chi connectivity index (χ2v) is 9.28. The number of pyridine rings is 1. The number of nitrogens with zero attached hydrogens (tertiary/aromatic N) is 5. The van der Waals surface area contributed by atoms with Crippen molar-refractivity contribution in [1.29, 1.82) is 0 Å². The minimum Gasteiger partial charge on any atom is -0.478 e.